The van der Waals surface area contributed by atoms with Gasteiger partial charge in [-0.05, 0) is 0 Å². The van der Waals surface area contributed by atoms with Crippen LogP contribution in [0.1, 0.15) is 0 Å². The van der Waals surface area contributed by atoms with Crippen LogP contribution in [0.4, 0.5) is 0 Å². The van der Waals surface area contributed by atoms with Gasteiger partial charge in [0, 0.05) is 182 Å². The van der Waals surface area contributed by atoms with Crippen molar-refractivity contribution in [3.63, 3.8) is 0 Å². The minimum Gasteiger partial charge on any atom is 0 e. The third kappa shape index (κ3) is 40.4. The zero-order chi connectivity index (χ0) is 0. The summed E-state index contributed by atoms with van der Waals surface area (Å²) in [6.45, 7) is 0. The van der Waals surface area contributed by atoms with Crippen LogP contribution in [0, 0.1) is 0 Å². The Labute approximate surface area is 177 Å². The Morgan fingerprint density at radius 1 is 0.250 bits per heavy atom. The summed E-state index contributed by atoms with van der Waals surface area (Å²) in [5.74, 6) is 0. The molecule has 0 spiro atoms. The van der Waals surface area contributed by atoms with Crippen LogP contribution in [0.3, 0.4) is 0 Å². The third-order valence-corrected chi connectivity index (χ3v) is 0. The van der Waals surface area contributed by atoms with Crippen LogP contribution in [0.15, 0.2) is 0 Å². The topological polar surface area (TPSA) is 0 Å². The maximum atomic E-state index is 0. The van der Waals surface area contributed by atoms with E-state index in [4.69, 9.17) is 0 Å². The standard InChI is InChI=1S/3Ge.5Sc. The summed E-state index contributed by atoms with van der Waals surface area (Å²) in [4.78, 5) is 0. The molecule has 0 N–H and O–H groups in total. The maximum absolute atomic E-state index is 0. The van der Waals surface area contributed by atoms with E-state index >= 15 is 0 Å². The molecule has 0 aliphatic heterocycles. The van der Waals surface area contributed by atoms with E-state index in [0.717, 1.165) is 0 Å². The zero-order valence-corrected chi connectivity index (χ0v) is 19.7. The smallest absolute Gasteiger partial charge is 0 e. The average Bonchev–Trinajstić information content (AvgIpc) is 0. The summed E-state index contributed by atoms with van der Waals surface area (Å²) in [6.07, 6.45) is 0. The fourth-order valence-corrected chi connectivity index (χ4v) is 0. The minimum absolute atomic E-state index is 0. The van der Waals surface area contributed by atoms with Crippen molar-refractivity contribution in [2.75, 3.05) is 0 Å². The van der Waals surface area contributed by atoms with Crippen molar-refractivity contribution in [1.82, 2.24) is 0 Å². The van der Waals surface area contributed by atoms with Crippen LogP contribution < -0.4 is 0 Å². The fourth-order valence-electron chi connectivity index (χ4n) is 0. The van der Waals surface area contributed by atoms with Gasteiger partial charge < -0.3 is 0 Å². The van der Waals surface area contributed by atoms with Crippen molar-refractivity contribution in [2.45, 2.75) is 0 Å². The van der Waals surface area contributed by atoms with E-state index in [2.05, 4.69) is 0 Å². The van der Waals surface area contributed by atoms with Gasteiger partial charge in [0.05, 0.1) is 0 Å². The van der Waals surface area contributed by atoms with Gasteiger partial charge in [-0.3, -0.25) is 0 Å². The molecule has 0 aliphatic rings. The van der Waals surface area contributed by atoms with Gasteiger partial charge in [0.25, 0.3) is 0 Å². The van der Waals surface area contributed by atoms with Gasteiger partial charge in [-0.15, -0.1) is 0 Å². The van der Waals surface area contributed by atoms with Gasteiger partial charge in [-0.25, -0.2) is 0 Å². The van der Waals surface area contributed by atoms with E-state index in [-0.39, 0.29) is 182 Å². The first kappa shape index (κ1) is 65.9. The second kappa shape index (κ2) is 52.1. The van der Waals surface area contributed by atoms with Gasteiger partial charge in [0.15, 0.2) is 0 Å². The Kier molecular flexibility index (Phi) is 429. The van der Waals surface area contributed by atoms with Gasteiger partial charge in [0.2, 0.25) is 0 Å². The number of rotatable bonds is 0. The molecule has 0 nitrogen and oxygen atoms in total. The van der Waals surface area contributed by atoms with E-state index in [1.807, 2.05) is 0 Å². The molecule has 0 aromatic rings. The quantitative estimate of drug-likeness (QED) is 0.416. The van der Waals surface area contributed by atoms with E-state index in [1.165, 1.54) is 0 Å². The Hall–Kier alpha value is 5.98. The van der Waals surface area contributed by atoms with Crippen LogP contribution in [-0.2, 0) is 129 Å². The predicted octanol–water partition coefficient (Wildman–Crippen LogP) is -1.15. The van der Waals surface area contributed by atoms with Crippen molar-refractivity contribution in [3.05, 3.63) is 0 Å². The van der Waals surface area contributed by atoms with Crippen LogP contribution in [0.2, 0.25) is 0 Å². The van der Waals surface area contributed by atoms with Gasteiger partial charge in [-0.2, -0.15) is 0 Å². The molecule has 8 heteroatoms. The first-order valence-corrected chi connectivity index (χ1v) is 0. The molecule has 0 amide bonds. The van der Waals surface area contributed by atoms with E-state index in [1.54, 1.807) is 0 Å². The van der Waals surface area contributed by atoms with E-state index in [0.29, 0.717) is 0 Å². The van der Waals surface area contributed by atoms with Crippen molar-refractivity contribution in [3.8, 4) is 0 Å². The fraction of sp³-hybridized carbons (Fsp3) is 0. The molecule has 0 fully saturated rings. The predicted molar refractivity (Wildman–Crippen MR) is 17.3 cm³/mol. The summed E-state index contributed by atoms with van der Waals surface area (Å²) >= 11 is 0. The van der Waals surface area contributed by atoms with Gasteiger partial charge >= 0.3 is 0 Å². The SMILES string of the molecule is [Ge].[Ge].[Ge].[Sc].[Sc].[Sc].[Sc].[Sc]. The maximum Gasteiger partial charge on any atom is 0 e. The van der Waals surface area contributed by atoms with Crippen molar-refractivity contribution in [1.29, 1.82) is 0 Å². The Balaban J connectivity index is 0. The summed E-state index contributed by atoms with van der Waals surface area (Å²) in [5, 5.41) is 0. The van der Waals surface area contributed by atoms with Gasteiger partial charge in [-0.1, -0.05) is 0 Å². The Morgan fingerprint density at radius 2 is 0.250 bits per heavy atom. The van der Waals surface area contributed by atoms with E-state index < -0.39 is 0 Å². The summed E-state index contributed by atoms with van der Waals surface area (Å²) < 4.78 is 0. The molecule has 17 radical (unpaired) electrons. The second-order valence-corrected chi connectivity index (χ2v) is 0. The van der Waals surface area contributed by atoms with Gasteiger partial charge in [0.1, 0.15) is 0 Å². The molecule has 0 heterocycles. The molecule has 8 heavy (non-hydrogen) atoms. The van der Waals surface area contributed by atoms with Crippen LogP contribution in [0.5, 0.6) is 0 Å². The molecule has 27 valence electrons. The molecule has 0 atom stereocenters. The summed E-state index contributed by atoms with van der Waals surface area (Å²) in [5.41, 5.74) is 0. The first-order chi connectivity index (χ1) is 0. The van der Waals surface area contributed by atoms with E-state index in [9.17, 15) is 0 Å². The normalized spacial score (nSPS) is 0. The number of hydrogen-bond donors (Lipinski definition) is 0. The van der Waals surface area contributed by atoms with Crippen LogP contribution in [-0.4, -0.2) is 52.8 Å². The molecule has 0 aromatic heterocycles. The molecular weight excluding hydrogens is 443 g/mol. The first-order valence-electron chi connectivity index (χ1n) is 0. The molecular formula is Ge3Sc5. The monoisotopic (exact) mass is 447 g/mol. The third-order valence-electron chi connectivity index (χ3n) is 0. The van der Waals surface area contributed by atoms with Crippen molar-refractivity contribution in [2.24, 2.45) is 0 Å². The van der Waals surface area contributed by atoms with Crippen LogP contribution in [0.25, 0.3) is 0 Å². The van der Waals surface area contributed by atoms with Crippen LogP contribution >= 0.6 is 0 Å². The molecule has 0 saturated heterocycles. The Bertz CT molecular complexity index is 7.64. The molecule has 0 bridgehead atoms. The second-order valence-electron chi connectivity index (χ2n) is 0. The molecule has 0 aliphatic carbocycles. The Morgan fingerprint density at radius 3 is 0.250 bits per heavy atom. The molecule has 0 saturated carbocycles. The van der Waals surface area contributed by atoms with Crippen molar-refractivity contribution < 1.29 is 129 Å². The number of hydrogen-bond acceptors (Lipinski definition) is 0. The molecule has 0 unspecified atom stereocenters. The largest absolute Gasteiger partial charge is 0 e. The molecule has 0 rings (SSSR count). The summed E-state index contributed by atoms with van der Waals surface area (Å²) in [7, 11) is 0. The van der Waals surface area contributed by atoms with Crippen molar-refractivity contribution >= 4 is 52.8 Å². The molecule has 0 aromatic carbocycles. The average molecular weight is 443 g/mol. The minimum atomic E-state index is 0. The zero-order valence-electron chi connectivity index (χ0n) is 4.39. The summed E-state index contributed by atoms with van der Waals surface area (Å²) in [6, 6.07) is 0.